The predicted molar refractivity (Wildman–Crippen MR) is 68.5 cm³/mol. The lowest BCUT2D eigenvalue weighted by Gasteiger charge is -2.02. The van der Waals surface area contributed by atoms with Crippen LogP contribution in [0.3, 0.4) is 0 Å². The molecule has 1 aromatic carbocycles. The van der Waals surface area contributed by atoms with Gasteiger partial charge in [-0.05, 0) is 12.1 Å². The number of methoxy groups -OCH3 is 1. The van der Waals surface area contributed by atoms with Crippen molar-refractivity contribution in [2.24, 2.45) is 0 Å². The van der Waals surface area contributed by atoms with Gasteiger partial charge < -0.3 is 4.74 Å². The molecular formula is C11H11ClN2O2S. The quantitative estimate of drug-likeness (QED) is 0.686. The minimum atomic E-state index is -0.203. The number of fused-ring (bicyclic) bond motifs is 1. The maximum Gasteiger partial charge on any atom is 0.306 e. The van der Waals surface area contributed by atoms with Gasteiger partial charge in [-0.2, -0.15) is 5.10 Å². The maximum absolute atomic E-state index is 11.0. The van der Waals surface area contributed by atoms with Crippen molar-refractivity contribution >= 4 is 40.2 Å². The number of nitrogens with one attached hydrogen (secondary N) is 1. The zero-order chi connectivity index (χ0) is 12.3. The van der Waals surface area contributed by atoms with Gasteiger partial charge in [0.15, 0.2) is 0 Å². The Labute approximate surface area is 108 Å². The third-order valence-electron chi connectivity index (χ3n) is 2.28. The van der Waals surface area contributed by atoms with Crippen molar-refractivity contribution in [3.63, 3.8) is 0 Å². The summed E-state index contributed by atoms with van der Waals surface area (Å²) in [6, 6.07) is 3.84. The van der Waals surface area contributed by atoms with E-state index in [1.807, 2.05) is 12.1 Å². The second kappa shape index (κ2) is 5.42. The Morgan fingerprint density at radius 3 is 3.18 bits per heavy atom. The van der Waals surface area contributed by atoms with E-state index in [1.54, 1.807) is 18.0 Å². The van der Waals surface area contributed by atoms with Crippen LogP contribution in [-0.2, 0) is 9.53 Å². The fraction of sp³-hybridized carbons (Fsp3) is 0.273. The first-order valence-corrected chi connectivity index (χ1v) is 6.39. The molecule has 0 aliphatic carbocycles. The summed E-state index contributed by atoms with van der Waals surface area (Å²) in [4.78, 5) is 12.0. The Kier molecular flexibility index (Phi) is 3.91. The molecule has 0 fully saturated rings. The van der Waals surface area contributed by atoms with Crippen molar-refractivity contribution in [1.29, 1.82) is 0 Å². The number of hydrogen-bond acceptors (Lipinski definition) is 4. The highest BCUT2D eigenvalue weighted by Gasteiger charge is 2.06. The molecule has 0 atom stereocenters. The van der Waals surface area contributed by atoms with Crippen LogP contribution in [0, 0.1) is 0 Å². The molecule has 1 aromatic heterocycles. The molecule has 0 radical (unpaired) electrons. The smallest absolute Gasteiger partial charge is 0.306 e. The van der Waals surface area contributed by atoms with Gasteiger partial charge in [0, 0.05) is 16.0 Å². The second-order valence-electron chi connectivity index (χ2n) is 3.41. The molecule has 0 amide bonds. The van der Waals surface area contributed by atoms with Gasteiger partial charge in [-0.15, -0.1) is 11.8 Å². The number of esters is 1. The maximum atomic E-state index is 11.0. The Morgan fingerprint density at radius 1 is 1.59 bits per heavy atom. The van der Waals surface area contributed by atoms with Crippen LogP contribution in [0.4, 0.5) is 0 Å². The molecule has 6 heteroatoms. The van der Waals surface area contributed by atoms with E-state index in [0.29, 0.717) is 17.2 Å². The third kappa shape index (κ3) is 2.92. The van der Waals surface area contributed by atoms with Gasteiger partial charge in [-0.1, -0.05) is 11.6 Å². The molecule has 17 heavy (non-hydrogen) atoms. The number of carbonyl (C=O) groups excluding carboxylic acids is 1. The van der Waals surface area contributed by atoms with E-state index in [1.165, 1.54) is 7.11 Å². The molecule has 90 valence electrons. The largest absolute Gasteiger partial charge is 0.469 e. The molecule has 2 aromatic rings. The van der Waals surface area contributed by atoms with Crippen molar-refractivity contribution in [2.75, 3.05) is 12.9 Å². The monoisotopic (exact) mass is 270 g/mol. The van der Waals surface area contributed by atoms with Crippen LogP contribution in [0.5, 0.6) is 0 Å². The average molecular weight is 271 g/mol. The van der Waals surface area contributed by atoms with Gasteiger partial charge in [0.25, 0.3) is 0 Å². The van der Waals surface area contributed by atoms with E-state index in [9.17, 15) is 4.79 Å². The number of rotatable bonds is 4. The first-order chi connectivity index (χ1) is 8.20. The molecule has 0 bridgehead atoms. The number of carbonyl (C=O) groups is 1. The van der Waals surface area contributed by atoms with Crippen molar-refractivity contribution < 1.29 is 9.53 Å². The minimum Gasteiger partial charge on any atom is -0.469 e. The summed E-state index contributed by atoms with van der Waals surface area (Å²) in [6.07, 6.45) is 2.08. The molecule has 0 saturated heterocycles. The highest BCUT2D eigenvalue weighted by molar-refractivity contribution is 7.99. The molecule has 0 aliphatic heterocycles. The first-order valence-electron chi connectivity index (χ1n) is 5.03. The Bertz CT molecular complexity index is 541. The number of thioether (sulfide) groups is 1. The summed E-state index contributed by atoms with van der Waals surface area (Å²) >= 11 is 7.67. The number of hydrogen-bond donors (Lipinski definition) is 1. The average Bonchev–Trinajstić information content (AvgIpc) is 2.77. The number of ether oxygens (including phenoxy) is 1. The molecular weight excluding hydrogens is 260 g/mol. The van der Waals surface area contributed by atoms with Gasteiger partial charge in [0.2, 0.25) is 0 Å². The van der Waals surface area contributed by atoms with Crippen LogP contribution in [0.15, 0.2) is 23.2 Å². The topological polar surface area (TPSA) is 55.0 Å². The standard InChI is InChI=1S/C11H11ClN2O2S/c1-16-11(15)2-3-17-7-4-9(12)8-6-13-14-10(8)5-7/h4-6H,2-3H2,1H3,(H,13,14). The van der Waals surface area contributed by atoms with E-state index < -0.39 is 0 Å². The summed E-state index contributed by atoms with van der Waals surface area (Å²) < 4.78 is 4.58. The lowest BCUT2D eigenvalue weighted by molar-refractivity contribution is -0.140. The molecule has 2 rings (SSSR count). The Morgan fingerprint density at radius 2 is 2.41 bits per heavy atom. The third-order valence-corrected chi connectivity index (χ3v) is 3.57. The lowest BCUT2D eigenvalue weighted by atomic mass is 10.2. The van der Waals surface area contributed by atoms with E-state index in [-0.39, 0.29) is 5.97 Å². The minimum absolute atomic E-state index is 0.203. The highest BCUT2D eigenvalue weighted by atomic mass is 35.5. The lowest BCUT2D eigenvalue weighted by Crippen LogP contribution is -2.00. The summed E-state index contributed by atoms with van der Waals surface area (Å²) in [5, 5.41) is 8.37. The number of aromatic nitrogens is 2. The first kappa shape index (κ1) is 12.3. The number of benzene rings is 1. The van der Waals surface area contributed by atoms with Gasteiger partial charge in [-0.25, -0.2) is 0 Å². The molecule has 1 heterocycles. The van der Waals surface area contributed by atoms with E-state index in [0.717, 1.165) is 15.8 Å². The number of nitrogens with zero attached hydrogens (tertiary/aromatic N) is 1. The molecule has 0 saturated carbocycles. The van der Waals surface area contributed by atoms with Crippen LogP contribution in [0.25, 0.3) is 10.9 Å². The van der Waals surface area contributed by atoms with Crippen LogP contribution in [0.2, 0.25) is 5.02 Å². The highest BCUT2D eigenvalue weighted by Crippen LogP contribution is 2.29. The number of H-pyrrole nitrogens is 1. The normalized spacial score (nSPS) is 10.7. The van der Waals surface area contributed by atoms with E-state index >= 15 is 0 Å². The zero-order valence-electron chi connectivity index (χ0n) is 9.20. The number of halogens is 1. The summed E-state index contributed by atoms with van der Waals surface area (Å²) in [5.41, 5.74) is 0.901. The van der Waals surface area contributed by atoms with Gasteiger partial charge in [0.1, 0.15) is 0 Å². The number of aromatic amines is 1. The molecule has 4 nitrogen and oxygen atoms in total. The second-order valence-corrected chi connectivity index (χ2v) is 4.99. The molecule has 0 aliphatic rings. The van der Waals surface area contributed by atoms with Crippen molar-refractivity contribution in [3.8, 4) is 0 Å². The summed E-state index contributed by atoms with van der Waals surface area (Å²) in [6.45, 7) is 0. The Balaban J connectivity index is 2.06. The van der Waals surface area contributed by atoms with Crippen LogP contribution >= 0.6 is 23.4 Å². The molecule has 1 N–H and O–H groups in total. The van der Waals surface area contributed by atoms with E-state index in [2.05, 4.69) is 14.9 Å². The Hall–Kier alpha value is -1.20. The fourth-order valence-corrected chi connectivity index (χ4v) is 2.66. The van der Waals surface area contributed by atoms with Crippen molar-refractivity contribution in [1.82, 2.24) is 10.2 Å². The van der Waals surface area contributed by atoms with Crippen molar-refractivity contribution in [3.05, 3.63) is 23.4 Å². The molecule has 0 spiro atoms. The van der Waals surface area contributed by atoms with Gasteiger partial charge in [-0.3, -0.25) is 9.89 Å². The van der Waals surface area contributed by atoms with Gasteiger partial charge in [0.05, 0.1) is 30.3 Å². The van der Waals surface area contributed by atoms with Gasteiger partial charge >= 0.3 is 5.97 Å². The predicted octanol–water partition coefficient (Wildman–Crippen LogP) is 2.87. The summed E-state index contributed by atoms with van der Waals surface area (Å²) in [7, 11) is 1.39. The van der Waals surface area contributed by atoms with Crippen LogP contribution in [-0.4, -0.2) is 29.0 Å². The summed E-state index contributed by atoms with van der Waals surface area (Å²) in [5.74, 6) is 0.467. The SMILES string of the molecule is COC(=O)CCSc1cc(Cl)c2cn[nH]c2c1. The fourth-order valence-electron chi connectivity index (χ4n) is 1.42. The zero-order valence-corrected chi connectivity index (χ0v) is 10.8. The van der Waals surface area contributed by atoms with Crippen LogP contribution < -0.4 is 0 Å². The van der Waals surface area contributed by atoms with Crippen molar-refractivity contribution in [2.45, 2.75) is 11.3 Å². The van der Waals surface area contributed by atoms with Crippen LogP contribution in [0.1, 0.15) is 6.42 Å². The van der Waals surface area contributed by atoms with E-state index in [4.69, 9.17) is 11.6 Å². The molecule has 0 unspecified atom stereocenters.